The maximum absolute atomic E-state index is 8.88. The van der Waals surface area contributed by atoms with E-state index in [1.54, 1.807) is 0 Å². The molecule has 12 heteroatoms. The van der Waals surface area contributed by atoms with Gasteiger partial charge < -0.3 is 40.8 Å². The fraction of sp³-hybridized carbons (Fsp3) is 1.00. The van der Waals surface area contributed by atoms with Gasteiger partial charge in [-0.15, -0.1) is 0 Å². The summed E-state index contributed by atoms with van der Waals surface area (Å²) in [5.41, 5.74) is 10.3. The number of phosphoric acid groups is 2. The lowest BCUT2D eigenvalue weighted by atomic mass is 10.3. The van der Waals surface area contributed by atoms with Crippen LogP contribution in [0.4, 0.5) is 0 Å². The third-order valence-corrected chi connectivity index (χ3v) is 0.658. The Balaban J connectivity index is -0.000000160. The van der Waals surface area contributed by atoms with E-state index in [4.69, 9.17) is 50.0 Å². The predicted molar refractivity (Wildman–Crippen MR) is 55.9 cm³/mol. The van der Waals surface area contributed by atoms with E-state index in [1.807, 2.05) is 0 Å². The highest BCUT2D eigenvalue weighted by atomic mass is 31.2. The van der Waals surface area contributed by atoms with E-state index < -0.39 is 15.6 Å². The molecule has 0 fully saturated rings. The number of nitrogens with two attached hydrogens (primary N) is 2. The minimum atomic E-state index is -4.64. The molecule has 0 bridgehead atoms. The third-order valence-electron chi connectivity index (χ3n) is 0.658. The van der Waals surface area contributed by atoms with Crippen LogP contribution in [0, 0.1) is 0 Å². The Morgan fingerprint density at radius 2 is 0.812 bits per heavy atom. The average Bonchev–Trinajstić information content (AvgIpc) is 1.94. The van der Waals surface area contributed by atoms with Gasteiger partial charge in [0, 0.05) is 0 Å². The molecule has 0 aromatic heterocycles. The van der Waals surface area contributed by atoms with Crippen LogP contribution in [0.15, 0.2) is 0 Å². The normalized spacial score (nSPS) is 10.8. The van der Waals surface area contributed by atoms with Crippen molar-refractivity contribution in [3.8, 4) is 0 Å². The van der Waals surface area contributed by atoms with Crippen LogP contribution in [0.1, 0.15) is 12.8 Å². The van der Waals surface area contributed by atoms with Gasteiger partial charge in [-0.25, -0.2) is 9.13 Å². The lowest BCUT2D eigenvalue weighted by Gasteiger charge is -1.87. The smallest absolute Gasteiger partial charge is 0.330 e. The first-order valence-electron chi connectivity index (χ1n) is 3.88. The second kappa shape index (κ2) is 11.6. The molecule has 0 saturated heterocycles. The molecular formula is C4H18N2O8P2. The van der Waals surface area contributed by atoms with E-state index in [-0.39, 0.29) is 0 Å². The van der Waals surface area contributed by atoms with Gasteiger partial charge in [0.15, 0.2) is 0 Å². The molecule has 0 heterocycles. The van der Waals surface area contributed by atoms with Crippen LogP contribution in [0.25, 0.3) is 0 Å². The summed E-state index contributed by atoms with van der Waals surface area (Å²) < 4.78 is 17.8. The van der Waals surface area contributed by atoms with Crippen LogP contribution in [0.5, 0.6) is 0 Å². The molecule has 0 saturated carbocycles. The molecule has 0 aromatic carbocycles. The van der Waals surface area contributed by atoms with Crippen LogP contribution in [-0.4, -0.2) is 42.4 Å². The summed E-state index contributed by atoms with van der Waals surface area (Å²) in [6.45, 7) is 1.55. The van der Waals surface area contributed by atoms with Gasteiger partial charge >= 0.3 is 15.6 Å². The van der Waals surface area contributed by atoms with Crippen molar-refractivity contribution < 1.29 is 38.5 Å². The van der Waals surface area contributed by atoms with E-state index in [1.165, 1.54) is 0 Å². The van der Waals surface area contributed by atoms with Gasteiger partial charge in [-0.3, -0.25) is 0 Å². The maximum atomic E-state index is 8.88. The zero-order valence-electron chi connectivity index (χ0n) is 8.38. The summed E-state index contributed by atoms with van der Waals surface area (Å²) in [6, 6.07) is 0. The van der Waals surface area contributed by atoms with Crippen molar-refractivity contribution in [2.24, 2.45) is 11.5 Å². The number of hydrogen-bond acceptors (Lipinski definition) is 4. The van der Waals surface area contributed by atoms with Gasteiger partial charge in [0.1, 0.15) is 0 Å². The first kappa shape index (κ1) is 21.4. The van der Waals surface area contributed by atoms with E-state index in [0.717, 1.165) is 25.9 Å². The minimum absolute atomic E-state index is 0.775. The van der Waals surface area contributed by atoms with Crippen molar-refractivity contribution in [1.29, 1.82) is 0 Å². The van der Waals surface area contributed by atoms with Gasteiger partial charge in [0.2, 0.25) is 0 Å². The largest absolute Gasteiger partial charge is 0.466 e. The van der Waals surface area contributed by atoms with Crippen molar-refractivity contribution in [2.75, 3.05) is 13.1 Å². The van der Waals surface area contributed by atoms with Gasteiger partial charge in [-0.05, 0) is 25.9 Å². The van der Waals surface area contributed by atoms with Crippen LogP contribution < -0.4 is 11.5 Å². The molecule has 0 amide bonds. The van der Waals surface area contributed by atoms with E-state index in [2.05, 4.69) is 0 Å². The molecule has 0 unspecified atom stereocenters. The predicted octanol–water partition coefficient (Wildman–Crippen LogP) is -2.17. The third kappa shape index (κ3) is 248. The molecule has 10 nitrogen and oxygen atoms in total. The van der Waals surface area contributed by atoms with Crippen molar-refractivity contribution in [3.63, 3.8) is 0 Å². The molecule has 10 N–H and O–H groups in total. The van der Waals surface area contributed by atoms with Crippen molar-refractivity contribution in [3.05, 3.63) is 0 Å². The standard InChI is InChI=1S/C4H12N2.2H3O4P/c5-3-1-2-4-6;2*1-5(2,3)4/h1-6H2;2*(H3,1,2,3,4). The van der Waals surface area contributed by atoms with Crippen LogP contribution in [0.3, 0.4) is 0 Å². The summed E-state index contributed by atoms with van der Waals surface area (Å²) in [5, 5.41) is 0. The topological polar surface area (TPSA) is 208 Å². The molecule has 0 spiro atoms. The Bertz CT molecular complexity index is 184. The quantitative estimate of drug-likeness (QED) is 0.207. The van der Waals surface area contributed by atoms with Gasteiger partial charge in [0.05, 0.1) is 0 Å². The Morgan fingerprint density at radius 3 is 0.875 bits per heavy atom. The highest BCUT2D eigenvalue weighted by molar-refractivity contribution is 7.45. The number of unbranched alkanes of at least 4 members (excludes halogenated alkanes) is 1. The zero-order chi connectivity index (χ0) is 13.8. The van der Waals surface area contributed by atoms with E-state index in [0.29, 0.717) is 0 Å². The minimum Gasteiger partial charge on any atom is -0.330 e. The van der Waals surface area contributed by atoms with Crippen molar-refractivity contribution >= 4 is 15.6 Å². The molecule has 0 atom stereocenters. The molecule has 0 radical (unpaired) electrons. The summed E-state index contributed by atoms with van der Waals surface area (Å²) in [4.78, 5) is 43.1. The van der Waals surface area contributed by atoms with Gasteiger partial charge in [-0.1, -0.05) is 0 Å². The fourth-order valence-corrected chi connectivity index (χ4v) is 0.289. The Morgan fingerprint density at radius 1 is 0.688 bits per heavy atom. The molecule has 0 aliphatic rings. The summed E-state index contributed by atoms with van der Waals surface area (Å²) >= 11 is 0. The first-order chi connectivity index (χ1) is 6.91. The SMILES string of the molecule is NCCCCN.O=P(O)(O)O.O=P(O)(O)O. The number of rotatable bonds is 3. The lowest BCUT2D eigenvalue weighted by Crippen LogP contribution is -2.03. The summed E-state index contributed by atoms with van der Waals surface area (Å²) in [7, 11) is -9.28. The highest BCUT2D eigenvalue weighted by Crippen LogP contribution is 2.26. The first-order valence-corrected chi connectivity index (χ1v) is 7.01. The molecule has 0 rings (SSSR count). The van der Waals surface area contributed by atoms with Gasteiger partial charge in [-0.2, -0.15) is 0 Å². The van der Waals surface area contributed by atoms with E-state index >= 15 is 0 Å². The Labute approximate surface area is 92.4 Å². The molecule has 102 valence electrons. The number of hydrogen-bond donors (Lipinski definition) is 8. The second-order valence-electron chi connectivity index (χ2n) is 2.31. The van der Waals surface area contributed by atoms with E-state index in [9.17, 15) is 0 Å². The van der Waals surface area contributed by atoms with Crippen LogP contribution in [-0.2, 0) is 9.13 Å². The molecule has 16 heavy (non-hydrogen) atoms. The molecule has 0 aliphatic heterocycles. The second-order valence-corrected chi connectivity index (χ2v) is 4.36. The van der Waals surface area contributed by atoms with Crippen molar-refractivity contribution in [1.82, 2.24) is 0 Å². The monoisotopic (exact) mass is 284 g/mol. The maximum Gasteiger partial charge on any atom is 0.466 e. The van der Waals surface area contributed by atoms with Crippen molar-refractivity contribution in [2.45, 2.75) is 12.8 Å². The summed E-state index contributed by atoms with van der Waals surface area (Å²) in [5.74, 6) is 0. The Hall–Kier alpha value is 0.140. The molecular weight excluding hydrogens is 266 g/mol. The van der Waals surface area contributed by atoms with Crippen LogP contribution in [0.2, 0.25) is 0 Å². The summed E-state index contributed by atoms with van der Waals surface area (Å²) in [6.07, 6.45) is 2.13. The Kier molecular flexibility index (Phi) is 15.6. The van der Waals surface area contributed by atoms with Crippen LogP contribution >= 0.6 is 15.6 Å². The van der Waals surface area contributed by atoms with Gasteiger partial charge in [0.25, 0.3) is 0 Å². The zero-order valence-corrected chi connectivity index (χ0v) is 10.2. The molecule has 0 aromatic rings. The lowest BCUT2D eigenvalue weighted by molar-refractivity contribution is 0.272. The average molecular weight is 284 g/mol. The highest BCUT2D eigenvalue weighted by Gasteiger charge is 2.00. The fourth-order valence-electron chi connectivity index (χ4n) is 0.289. The molecule has 0 aliphatic carbocycles.